The maximum atomic E-state index is 11.7. The summed E-state index contributed by atoms with van der Waals surface area (Å²) in [5, 5.41) is 10.3. The van der Waals surface area contributed by atoms with Crippen LogP contribution in [0.5, 0.6) is 0 Å². The van der Waals surface area contributed by atoms with E-state index in [9.17, 15) is 9.90 Å². The second-order valence-corrected chi connectivity index (χ2v) is 6.22. The highest BCUT2D eigenvalue weighted by molar-refractivity contribution is 5.82. The predicted octanol–water partition coefficient (Wildman–Crippen LogP) is 3.56. The Kier molecular flexibility index (Phi) is 8.06. The van der Waals surface area contributed by atoms with Crippen LogP contribution in [0.1, 0.15) is 25.0 Å². The molecule has 4 nitrogen and oxygen atoms in total. The van der Waals surface area contributed by atoms with E-state index in [-0.39, 0.29) is 6.04 Å². The van der Waals surface area contributed by atoms with E-state index in [1.54, 1.807) is 19.9 Å². The van der Waals surface area contributed by atoms with Gasteiger partial charge in [-0.1, -0.05) is 66.7 Å². The summed E-state index contributed by atoms with van der Waals surface area (Å²) in [6.07, 6.45) is 2.51. The van der Waals surface area contributed by atoms with Crippen LogP contribution in [0, 0.1) is 0 Å². The van der Waals surface area contributed by atoms with Gasteiger partial charge >= 0.3 is 5.97 Å². The molecule has 26 heavy (non-hydrogen) atoms. The van der Waals surface area contributed by atoms with Gasteiger partial charge in [0.05, 0.1) is 18.8 Å². The molecule has 0 aromatic heterocycles. The largest absolute Gasteiger partial charge is 0.463 e. The standard InChI is InChI=1S/C22H27NO3/c1-3-26-22(25)15-14-21(18(2)24)23(16-19-10-6-4-7-11-19)17-20-12-8-5-9-13-20/h4-15,18,21,24H,3,16-17H2,1-2H3/b15-14+/t18-,21-/m1/s1. The van der Waals surface area contributed by atoms with E-state index in [4.69, 9.17) is 4.74 Å². The highest BCUT2D eigenvalue weighted by Crippen LogP contribution is 2.17. The van der Waals surface area contributed by atoms with Crippen molar-refractivity contribution in [1.82, 2.24) is 4.90 Å². The van der Waals surface area contributed by atoms with Crippen LogP contribution in [0.25, 0.3) is 0 Å². The van der Waals surface area contributed by atoms with Gasteiger partial charge in [-0.2, -0.15) is 0 Å². The van der Waals surface area contributed by atoms with Crippen LogP contribution >= 0.6 is 0 Å². The minimum absolute atomic E-state index is 0.306. The van der Waals surface area contributed by atoms with Gasteiger partial charge < -0.3 is 9.84 Å². The number of aliphatic hydroxyl groups is 1. The van der Waals surface area contributed by atoms with E-state index in [1.807, 2.05) is 36.4 Å². The van der Waals surface area contributed by atoms with Crippen molar-refractivity contribution in [3.8, 4) is 0 Å². The van der Waals surface area contributed by atoms with E-state index < -0.39 is 12.1 Å². The smallest absolute Gasteiger partial charge is 0.330 e. The molecule has 0 spiro atoms. The van der Waals surface area contributed by atoms with Gasteiger partial charge in [-0.3, -0.25) is 4.90 Å². The Hall–Kier alpha value is -2.43. The normalized spacial score (nSPS) is 13.7. The predicted molar refractivity (Wildman–Crippen MR) is 103 cm³/mol. The number of aliphatic hydroxyl groups excluding tert-OH is 1. The van der Waals surface area contributed by atoms with E-state index >= 15 is 0 Å². The van der Waals surface area contributed by atoms with Gasteiger partial charge in [-0.15, -0.1) is 0 Å². The number of carbonyl (C=O) groups excluding carboxylic acids is 1. The third kappa shape index (κ3) is 6.47. The molecule has 0 saturated carbocycles. The number of benzene rings is 2. The zero-order chi connectivity index (χ0) is 18.8. The summed E-state index contributed by atoms with van der Waals surface area (Å²) in [7, 11) is 0. The molecule has 0 amide bonds. The van der Waals surface area contributed by atoms with Gasteiger partial charge in [0.15, 0.2) is 0 Å². The van der Waals surface area contributed by atoms with Crippen LogP contribution in [0.2, 0.25) is 0 Å². The van der Waals surface area contributed by atoms with E-state index in [1.165, 1.54) is 6.08 Å². The topological polar surface area (TPSA) is 49.8 Å². The molecule has 2 atom stereocenters. The zero-order valence-corrected chi connectivity index (χ0v) is 15.4. The fraction of sp³-hybridized carbons (Fsp3) is 0.318. The Bertz CT molecular complexity index is 642. The lowest BCUT2D eigenvalue weighted by molar-refractivity contribution is -0.137. The first-order valence-electron chi connectivity index (χ1n) is 8.95. The zero-order valence-electron chi connectivity index (χ0n) is 15.4. The van der Waals surface area contributed by atoms with Gasteiger partial charge in [0, 0.05) is 19.2 Å². The number of carbonyl (C=O) groups is 1. The Labute approximate surface area is 155 Å². The first-order chi connectivity index (χ1) is 12.6. The molecule has 4 heteroatoms. The van der Waals surface area contributed by atoms with Crippen molar-refractivity contribution in [2.45, 2.75) is 39.1 Å². The van der Waals surface area contributed by atoms with Gasteiger partial charge in [-0.05, 0) is 25.0 Å². The molecular formula is C22H27NO3. The number of nitrogens with zero attached hydrogens (tertiary/aromatic N) is 1. The lowest BCUT2D eigenvalue weighted by Crippen LogP contribution is -2.40. The highest BCUT2D eigenvalue weighted by atomic mass is 16.5. The van der Waals surface area contributed by atoms with Crippen molar-refractivity contribution in [3.63, 3.8) is 0 Å². The second-order valence-electron chi connectivity index (χ2n) is 6.22. The van der Waals surface area contributed by atoms with E-state index in [0.29, 0.717) is 19.7 Å². The van der Waals surface area contributed by atoms with Gasteiger partial charge in [0.2, 0.25) is 0 Å². The highest BCUT2D eigenvalue weighted by Gasteiger charge is 2.21. The van der Waals surface area contributed by atoms with Crippen LogP contribution in [0.15, 0.2) is 72.8 Å². The molecule has 0 heterocycles. The fourth-order valence-corrected chi connectivity index (χ4v) is 2.86. The Balaban J connectivity index is 2.24. The molecule has 2 aromatic rings. The summed E-state index contributed by atoms with van der Waals surface area (Å²) in [6, 6.07) is 19.9. The average Bonchev–Trinajstić information content (AvgIpc) is 2.63. The molecular weight excluding hydrogens is 326 g/mol. The minimum atomic E-state index is -0.631. The van der Waals surface area contributed by atoms with Crippen molar-refractivity contribution in [2.24, 2.45) is 0 Å². The van der Waals surface area contributed by atoms with Crippen molar-refractivity contribution in [1.29, 1.82) is 0 Å². The van der Waals surface area contributed by atoms with Crippen LogP contribution in [-0.2, 0) is 22.6 Å². The Morgan fingerprint density at radius 2 is 1.54 bits per heavy atom. The molecule has 0 bridgehead atoms. The number of ether oxygens (including phenoxy) is 1. The van der Waals surface area contributed by atoms with Crippen molar-refractivity contribution < 1.29 is 14.6 Å². The third-order valence-electron chi connectivity index (χ3n) is 4.09. The number of hydrogen-bond acceptors (Lipinski definition) is 4. The molecule has 0 fully saturated rings. The van der Waals surface area contributed by atoms with Crippen LogP contribution in [0.4, 0.5) is 0 Å². The number of hydrogen-bond donors (Lipinski definition) is 1. The minimum Gasteiger partial charge on any atom is -0.463 e. The Morgan fingerprint density at radius 1 is 1.04 bits per heavy atom. The lowest BCUT2D eigenvalue weighted by Gasteiger charge is -2.32. The first-order valence-corrected chi connectivity index (χ1v) is 8.95. The quantitative estimate of drug-likeness (QED) is 0.553. The second kappa shape index (κ2) is 10.5. The summed E-state index contributed by atoms with van der Waals surface area (Å²) >= 11 is 0. The van der Waals surface area contributed by atoms with Gasteiger partial charge in [0.25, 0.3) is 0 Å². The van der Waals surface area contributed by atoms with E-state index in [0.717, 1.165) is 11.1 Å². The number of rotatable bonds is 9. The molecule has 2 aromatic carbocycles. The summed E-state index contributed by atoms with van der Waals surface area (Å²) in [6.45, 7) is 5.18. The molecule has 0 aliphatic carbocycles. The molecule has 0 radical (unpaired) electrons. The van der Waals surface area contributed by atoms with Crippen molar-refractivity contribution >= 4 is 5.97 Å². The maximum absolute atomic E-state index is 11.7. The lowest BCUT2D eigenvalue weighted by atomic mass is 10.1. The average molecular weight is 353 g/mol. The summed E-state index contributed by atoms with van der Waals surface area (Å²) in [5.74, 6) is -0.391. The summed E-state index contributed by atoms with van der Waals surface area (Å²) in [4.78, 5) is 13.9. The number of esters is 1. The summed E-state index contributed by atoms with van der Waals surface area (Å²) in [5.41, 5.74) is 2.30. The third-order valence-corrected chi connectivity index (χ3v) is 4.09. The Morgan fingerprint density at radius 3 is 1.96 bits per heavy atom. The molecule has 2 rings (SSSR count). The molecule has 0 unspecified atom stereocenters. The monoisotopic (exact) mass is 353 g/mol. The molecule has 138 valence electrons. The molecule has 0 aliphatic heterocycles. The van der Waals surface area contributed by atoms with Crippen LogP contribution in [0.3, 0.4) is 0 Å². The fourth-order valence-electron chi connectivity index (χ4n) is 2.86. The van der Waals surface area contributed by atoms with E-state index in [2.05, 4.69) is 29.2 Å². The van der Waals surface area contributed by atoms with Gasteiger partial charge in [0.1, 0.15) is 0 Å². The molecule has 0 saturated heterocycles. The van der Waals surface area contributed by atoms with Crippen molar-refractivity contribution in [2.75, 3.05) is 6.61 Å². The SMILES string of the molecule is CCOC(=O)/C=C/[C@H]([C@@H](C)O)N(Cc1ccccc1)Cc1ccccc1. The van der Waals surface area contributed by atoms with Crippen molar-refractivity contribution in [3.05, 3.63) is 83.9 Å². The van der Waals surface area contributed by atoms with Crippen LogP contribution in [-0.4, -0.2) is 34.7 Å². The van der Waals surface area contributed by atoms with Crippen LogP contribution < -0.4 is 0 Å². The summed E-state index contributed by atoms with van der Waals surface area (Å²) < 4.78 is 4.96. The van der Waals surface area contributed by atoms with Gasteiger partial charge in [-0.25, -0.2) is 4.79 Å². The molecule has 0 aliphatic rings. The molecule has 1 N–H and O–H groups in total. The first kappa shape index (κ1) is 19.9. The maximum Gasteiger partial charge on any atom is 0.330 e.